The number of hydrogen-bond acceptors (Lipinski definition) is 2. The molecule has 0 unspecified atom stereocenters. The first kappa shape index (κ1) is 11.0. The Balaban J connectivity index is 2.22. The molecule has 5 heteroatoms. The van der Waals surface area contributed by atoms with Gasteiger partial charge in [-0.05, 0) is 25.1 Å². The zero-order chi connectivity index (χ0) is 12.7. The molecule has 2 heterocycles. The number of aryl methyl sites for hydroxylation is 1. The van der Waals surface area contributed by atoms with Crippen molar-refractivity contribution in [3.8, 4) is 11.4 Å². The predicted molar refractivity (Wildman–Crippen MR) is 71.9 cm³/mol. The smallest absolute Gasteiger partial charge is 0.192 e. The Labute approximate surface area is 108 Å². The fourth-order valence-corrected chi connectivity index (χ4v) is 2.04. The van der Waals surface area contributed by atoms with Gasteiger partial charge < -0.3 is 9.97 Å². The Bertz CT molecular complexity index is 788. The van der Waals surface area contributed by atoms with Gasteiger partial charge in [-0.15, -0.1) is 0 Å². The molecule has 0 aliphatic carbocycles. The van der Waals surface area contributed by atoms with Crippen molar-refractivity contribution in [1.82, 2.24) is 15.0 Å². The van der Waals surface area contributed by atoms with Crippen LogP contribution < -0.4 is 5.43 Å². The molecule has 0 aliphatic heterocycles. The van der Waals surface area contributed by atoms with E-state index in [1.54, 1.807) is 24.4 Å². The van der Waals surface area contributed by atoms with Gasteiger partial charge in [0.05, 0.1) is 16.6 Å². The number of H-pyrrole nitrogens is 2. The van der Waals surface area contributed by atoms with Crippen molar-refractivity contribution in [2.24, 2.45) is 0 Å². The minimum atomic E-state index is -0.0589. The topological polar surface area (TPSA) is 61.5 Å². The number of nitrogens with one attached hydrogen (secondary N) is 2. The lowest BCUT2D eigenvalue weighted by Crippen LogP contribution is -2.05. The van der Waals surface area contributed by atoms with Crippen LogP contribution in [0.2, 0.25) is 5.02 Å². The maximum atomic E-state index is 11.9. The Morgan fingerprint density at radius 1 is 1.28 bits per heavy atom. The van der Waals surface area contributed by atoms with Crippen LogP contribution in [-0.2, 0) is 0 Å². The van der Waals surface area contributed by atoms with Crippen molar-refractivity contribution in [3.63, 3.8) is 0 Å². The Hall–Kier alpha value is -2.07. The summed E-state index contributed by atoms with van der Waals surface area (Å²) < 4.78 is 0. The molecule has 0 spiro atoms. The van der Waals surface area contributed by atoms with Crippen LogP contribution in [0.5, 0.6) is 0 Å². The number of nitrogens with zero attached hydrogens (tertiary/aromatic N) is 1. The number of rotatable bonds is 1. The lowest BCUT2D eigenvalue weighted by molar-refractivity contribution is 1.17. The van der Waals surface area contributed by atoms with E-state index in [2.05, 4.69) is 15.0 Å². The lowest BCUT2D eigenvalue weighted by atomic mass is 10.2. The molecule has 18 heavy (non-hydrogen) atoms. The number of aromatic nitrogens is 3. The molecule has 4 nitrogen and oxygen atoms in total. The van der Waals surface area contributed by atoms with E-state index in [-0.39, 0.29) is 5.43 Å². The molecule has 90 valence electrons. The first-order valence-electron chi connectivity index (χ1n) is 5.48. The summed E-state index contributed by atoms with van der Waals surface area (Å²) in [7, 11) is 0. The quantitative estimate of drug-likeness (QED) is 0.706. The molecular weight excluding hydrogens is 250 g/mol. The van der Waals surface area contributed by atoms with Gasteiger partial charge in [0.25, 0.3) is 0 Å². The number of hydrogen-bond donors (Lipinski definition) is 2. The molecule has 0 fully saturated rings. The molecule has 0 atom stereocenters. The van der Waals surface area contributed by atoms with E-state index in [0.29, 0.717) is 16.4 Å². The monoisotopic (exact) mass is 259 g/mol. The van der Waals surface area contributed by atoms with E-state index >= 15 is 0 Å². The van der Waals surface area contributed by atoms with Crippen LogP contribution in [0.4, 0.5) is 0 Å². The molecule has 0 saturated heterocycles. The van der Waals surface area contributed by atoms with Crippen LogP contribution in [0.1, 0.15) is 5.69 Å². The van der Waals surface area contributed by atoms with E-state index in [1.807, 2.05) is 13.0 Å². The van der Waals surface area contributed by atoms with E-state index in [1.165, 1.54) is 0 Å². The standard InChI is InChI=1S/C13H10ClN3O/c1-7-4-12(18)9(6-15-7)13-16-10-3-2-8(14)5-11(10)17-13/h2-6H,1H3,(H,15,18)(H,16,17). The summed E-state index contributed by atoms with van der Waals surface area (Å²) in [5, 5.41) is 0.635. The summed E-state index contributed by atoms with van der Waals surface area (Å²) >= 11 is 5.91. The van der Waals surface area contributed by atoms with E-state index in [0.717, 1.165) is 16.7 Å². The maximum absolute atomic E-state index is 11.9. The number of imidazole rings is 1. The Morgan fingerprint density at radius 3 is 2.89 bits per heavy atom. The van der Waals surface area contributed by atoms with E-state index in [9.17, 15) is 4.79 Å². The van der Waals surface area contributed by atoms with Crippen molar-refractivity contribution in [1.29, 1.82) is 0 Å². The van der Waals surface area contributed by atoms with Crippen LogP contribution in [0.3, 0.4) is 0 Å². The fraction of sp³-hybridized carbons (Fsp3) is 0.0769. The van der Waals surface area contributed by atoms with Gasteiger partial charge in [-0.1, -0.05) is 11.6 Å². The van der Waals surface area contributed by atoms with Crippen LogP contribution in [-0.4, -0.2) is 15.0 Å². The average Bonchev–Trinajstić information content (AvgIpc) is 2.71. The van der Waals surface area contributed by atoms with Gasteiger partial charge >= 0.3 is 0 Å². The number of fused-ring (bicyclic) bond motifs is 1. The van der Waals surface area contributed by atoms with Gasteiger partial charge in [0.1, 0.15) is 5.82 Å². The highest BCUT2D eigenvalue weighted by molar-refractivity contribution is 6.31. The van der Waals surface area contributed by atoms with Crippen molar-refractivity contribution < 1.29 is 0 Å². The maximum Gasteiger partial charge on any atom is 0.192 e. The molecule has 0 amide bonds. The molecular formula is C13H10ClN3O. The van der Waals surface area contributed by atoms with Gasteiger partial charge in [-0.2, -0.15) is 0 Å². The molecule has 0 bridgehead atoms. The number of pyridine rings is 1. The largest absolute Gasteiger partial charge is 0.364 e. The third-order valence-electron chi connectivity index (χ3n) is 2.76. The third-order valence-corrected chi connectivity index (χ3v) is 2.99. The van der Waals surface area contributed by atoms with Crippen LogP contribution >= 0.6 is 11.6 Å². The van der Waals surface area contributed by atoms with Crippen molar-refractivity contribution in [2.75, 3.05) is 0 Å². The van der Waals surface area contributed by atoms with Gasteiger partial charge in [0.2, 0.25) is 0 Å². The second kappa shape index (κ2) is 3.99. The molecule has 0 saturated carbocycles. The number of benzene rings is 1. The summed E-state index contributed by atoms with van der Waals surface area (Å²) in [6.07, 6.45) is 1.66. The van der Waals surface area contributed by atoms with E-state index in [4.69, 9.17) is 11.6 Å². The minimum Gasteiger partial charge on any atom is -0.364 e. The molecule has 2 N–H and O–H groups in total. The lowest BCUT2D eigenvalue weighted by Gasteiger charge is -1.96. The molecule has 1 aromatic carbocycles. The Kier molecular flexibility index (Phi) is 2.45. The third kappa shape index (κ3) is 1.80. The highest BCUT2D eigenvalue weighted by Gasteiger charge is 2.09. The molecule has 0 radical (unpaired) electrons. The molecule has 3 aromatic rings. The van der Waals surface area contributed by atoms with Crippen LogP contribution in [0, 0.1) is 6.92 Å². The summed E-state index contributed by atoms with van der Waals surface area (Å²) in [6.45, 7) is 1.84. The molecule has 0 aliphatic rings. The van der Waals surface area contributed by atoms with Gasteiger partial charge in [-0.3, -0.25) is 4.79 Å². The van der Waals surface area contributed by atoms with Crippen molar-refractivity contribution in [2.45, 2.75) is 6.92 Å². The SMILES string of the molecule is Cc1cc(=O)c(-c2nc3ccc(Cl)cc3[nH]2)c[nH]1. The molecule has 3 rings (SSSR count). The van der Waals surface area contributed by atoms with E-state index < -0.39 is 0 Å². The minimum absolute atomic E-state index is 0.0589. The summed E-state index contributed by atoms with van der Waals surface area (Å²) in [4.78, 5) is 22.4. The zero-order valence-corrected chi connectivity index (χ0v) is 10.4. The Morgan fingerprint density at radius 2 is 2.11 bits per heavy atom. The highest BCUT2D eigenvalue weighted by Crippen LogP contribution is 2.20. The highest BCUT2D eigenvalue weighted by atomic mass is 35.5. The van der Waals surface area contributed by atoms with Gasteiger partial charge in [0, 0.05) is 23.0 Å². The number of aromatic amines is 2. The predicted octanol–water partition coefficient (Wildman–Crippen LogP) is 2.88. The first-order valence-corrected chi connectivity index (χ1v) is 5.86. The number of halogens is 1. The first-order chi connectivity index (χ1) is 8.63. The normalized spacial score (nSPS) is 11.0. The van der Waals surface area contributed by atoms with Gasteiger partial charge in [0.15, 0.2) is 5.43 Å². The second-order valence-corrected chi connectivity index (χ2v) is 4.58. The summed E-state index contributed by atoms with van der Waals surface area (Å²) in [5.74, 6) is 0.550. The van der Waals surface area contributed by atoms with Crippen LogP contribution in [0.15, 0.2) is 35.3 Å². The fourth-order valence-electron chi connectivity index (χ4n) is 1.87. The van der Waals surface area contributed by atoms with Crippen molar-refractivity contribution >= 4 is 22.6 Å². The summed E-state index contributed by atoms with van der Waals surface area (Å²) in [6, 6.07) is 6.93. The van der Waals surface area contributed by atoms with Crippen LogP contribution in [0.25, 0.3) is 22.4 Å². The van der Waals surface area contributed by atoms with Gasteiger partial charge in [-0.25, -0.2) is 4.98 Å². The average molecular weight is 260 g/mol. The summed E-state index contributed by atoms with van der Waals surface area (Å²) in [5.41, 5.74) is 2.89. The second-order valence-electron chi connectivity index (χ2n) is 4.14. The molecule has 2 aromatic heterocycles. The van der Waals surface area contributed by atoms with Crippen molar-refractivity contribution in [3.05, 3.63) is 51.4 Å². The zero-order valence-electron chi connectivity index (χ0n) is 9.62.